The van der Waals surface area contributed by atoms with Gasteiger partial charge in [-0.15, -0.1) is 0 Å². The maximum absolute atomic E-state index is 13.2. The lowest BCUT2D eigenvalue weighted by Crippen LogP contribution is -2.42. The molecular weight excluding hydrogens is 684 g/mol. The number of nitrogens with one attached hydrogen (secondary N) is 4. The number of aromatic amines is 2. The van der Waals surface area contributed by atoms with Crippen molar-refractivity contribution in [1.82, 2.24) is 30.6 Å². The molecule has 2 fully saturated rings. The molecule has 0 spiro atoms. The van der Waals surface area contributed by atoms with Crippen molar-refractivity contribution in [3.63, 3.8) is 0 Å². The van der Waals surface area contributed by atoms with Crippen LogP contribution in [-0.4, -0.2) is 90.7 Å². The van der Waals surface area contributed by atoms with E-state index in [4.69, 9.17) is 9.47 Å². The predicted octanol–water partition coefficient (Wildman–Crippen LogP) is 6.01. The number of imidazole rings is 2. The highest BCUT2D eigenvalue weighted by Crippen LogP contribution is 2.33. The van der Waals surface area contributed by atoms with Crippen molar-refractivity contribution >= 4 is 24.1 Å². The first kappa shape index (κ1) is 42.1. The second kappa shape index (κ2) is 19.1. The van der Waals surface area contributed by atoms with E-state index < -0.39 is 47.2 Å². The summed E-state index contributed by atoms with van der Waals surface area (Å²) in [7, 11) is 0. The van der Waals surface area contributed by atoms with Crippen LogP contribution < -0.4 is 10.6 Å². The van der Waals surface area contributed by atoms with E-state index in [0.717, 1.165) is 0 Å². The normalized spacial score (nSPS) is 23.1. The Morgan fingerprint density at radius 2 is 1.19 bits per heavy atom. The summed E-state index contributed by atoms with van der Waals surface area (Å²) in [5.74, 6) is -0.0623. The molecule has 2 aromatic rings. The zero-order valence-electron chi connectivity index (χ0n) is 32.7. The summed E-state index contributed by atoms with van der Waals surface area (Å²) in [5.41, 5.74) is -1.17. The lowest BCUT2D eigenvalue weighted by molar-refractivity contribution is -0.0461. The first-order valence-corrected chi connectivity index (χ1v) is 18.7. The fourth-order valence-electron chi connectivity index (χ4n) is 5.85. The van der Waals surface area contributed by atoms with Gasteiger partial charge >= 0.3 is 11.9 Å². The van der Waals surface area contributed by atoms with Crippen LogP contribution in [0.1, 0.15) is 101 Å². The van der Waals surface area contributed by atoms with Crippen LogP contribution in [0.3, 0.4) is 0 Å². The van der Waals surface area contributed by atoms with E-state index in [0.29, 0.717) is 36.6 Å². The number of aliphatic hydroxyl groups excluding tert-OH is 2. The number of aliphatic hydroxyl groups is 2. The average molecular weight is 743 g/mol. The van der Waals surface area contributed by atoms with Gasteiger partial charge in [-0.2, -0.15) is 0 Å². The third-order valence-corrected chi connectivity index (χ3v) is 9.99. The molecule has 0 aliphatic carbocycles. The summed E-state index contributed by atoms with van der Waals surface area (Å²) in [6.45, 7) is 15.2. The molecule has 2 aliphatic rings. The third-order valence-electron chi connectivity index (χ3n) is 9.99. The van der Waals surface area contributed by atoms with Crippen LogP contribution in [0.2, 0.25) is 0 Å². The highest BCUT2D eigenvalue weighted by molar-refractivity contribution is 5.88. The first-order chi connectivity index (χ1) is 25.7. The molecule has 0 radical (unpaired) electrons. The number of nitrogens with zero attached hydrogens (tertiary/aromatic N) is 2. The van der Waals surface area contributed by atoms with E-state index in [2.05, 4.69) is 43.6 Å². The van der Waals surface area contributed by atoms with Crippen LogP contribution in [0.5, 0.6) is 0 Å². The van der Waals surface area contributed by atoms with Gasteiger partial charge < -0.3 is 40.3 Å². The molecule has 2 aromatic heterocycles. The fraction of sp³-hybridized carbons (Fsp3) is 0.476. The van der Waals surface area contributed by atoms with Crippen molar-refractivity contribution in [3.8, 4) is 0 Å². The summed E-state index contributed by atoms with van der Waals surface area (Å²) in [6.07, 6.45) is 27.2. The summed E-state index contributed by atoms with van der Waals surface area (Å²) in [6, 6.07) is 0.985. The maximum atomic E-state index is 13.2. The summed E-state index contributed by atoms with van der Waals surface area (Å²) in [5, 5.41) is 28.3. The van der Waals surface area contributed by atoms with Crippen molar-refractivity contribution < 1.29 is 29.3 Å². The number of hydrogen-bond acceptors (Lipinski definition) is 10. The molecule has 4 rings (SSSR count). The van der Waals surface area contributed by atoms with Gasteiger partial charge in [0.2, 0.25) is 0 Å². The van der Waals surface area contributed by atoms with E-state index in [1.54, 1.807) is 36.5 Å². The van der Waals surface area contributed by atoms with Gasteiger partial charge in [0, 0.05) is 60.2 Å². The molecule has 292 valence electrons. The Morgan fingerprint density at radius 1 is 0.722 bits per heavy atom. The van der Waals surface area contributed by atoms with Crippen LogP contribution >= 0.6 is 0 Å². The Kier molecular flexibility index (Phi) is 14.9. The van der Waals surface area contributed by atoms with Crippen molar-refractivity contribution in [3.05, 3.63) is 108 Å². The largest absolute Gasteiger partial charge is 0.457 e. The quantitative estimate of drug-likeness (QED) is 0.0405. The summed E-state index contributed by atoms with van der Waals surface area (Å²) < 4.78 is 11.9. The molecule has 0 aromatic carbocycles. The molecule has 0 saturated carbocycles. The van der Waals surface area contributed by atoms with E-state index in [-0.39, 0.29) is 23.5 Å². The lowest BCUT2D eigenvalue weighted by atomic mass is 9.79. The molecule has 8 atom stereocenters. The molecule has 0 unspecified atom stereocenters. The van der Waals surface area contributed by atoms with Gasteiger partial charge in [0.1, 0.15) is 23.9 Å². The zero-order chi connectivity index (χ0) is 39.5. The van der Waals surface area contributed by atoms with Gasteiger partial charge in [0.05, 0.1) is 12.2 Å². The smallest absolute Gasteiger partial charge is 0.358 e. The number of carbonyl (C=O) groups excluding carboxylic acids is 2. The molecule has 2 saturated heterocycles. The Bertz CT molecular complexity index is 1760. The Balaban J connectivity index is 1.31. The monoisotopic (exact) mass is 742 g/mol. The SMILES string of the molecule is C/C=C\c1nc(C(=O)O[C@@H](C/C=C\[C@H]2N[C@H]2/C=C/C=C\c2nc(C(=O)O[C@@H](C/C=C\[C@H]3N[C@H]3C)C(C)(C)[C@@H](O)/C=C/C)c[nH]2)C(C)(C)[C@@H](O)/C=C/C)c[nH]1. The number of allylic oxidation sites excluding steroid dienone is 5. The minimum Gasteiger partial charge on any atom is -0.457 e. The molecule has 12 heteroatoms. The van der Waals surface area contributed by atoms with Crippen molar-refractivity contribution in [2.24, 2.45) is 10.8 Å². The van der Waals surface area contributed by atoms with Gasteiger partial charge in [-0.1, -0.05) is 101 Å². The Labute approximate surface area is 319 Å². The van der Waals surface area contributed by atoms with Gasteiger partial charge in [-0.3, -0.25) is 0 Å². The summed E-state index contributed by atoms with van der Waals surface area (Å²) >= 11 is 0. The molecule has 54 heavy (non-hydrogen) atoms. The van der Waals surface area contributed by atoms with Gasteiger partial charge in [0.15, 0.2) is 11.4 Å². The second-order valence-corrected chi connectivity index (χ2v) is 15.0. The Hall–Kier alpha value is -4.62. The number of H-pyrrole nitrogens is 2. The van der Waals surface area contributed by atoms with E-state index >= 15 is 0 Å². The molecular formula is C42H58N6O6. The average Bonchev–Trinajstić information content (AvgIpc) is 3.88. The lowest BCUT2D eigenvalue weighted by Gasteiger charge is -2.36. The van der Waals surface area contributed by atoms with E-state index in [1.807, 2.05) is 91.0 Å². The molecule has 4 heterocycles. The van der Waals surface area contributed by atoms with Crippen molar-refractivity contribution in [1.29, 1.82) is 0 Å². The van der Waals surface area contributed by atoms with Gasteiger partial charge in [-0.25, -0.2) is 19.6 Å². The van der Waals surface area contributed by atoms with E-state index in [1.165, 1.54) is 12.4 Å². The molecule has 2 aliphatic heterocycles. The zero-order valence-corrected chi connectivity index (χ0v) is 32.7. The predicted molar refractivity (Wildman–Crippen MR) is 212 cm³/mol. The number of hydrogen-bond donors (Lipinski definition) is 6. The minimum atomic E-state index is -0.823. The van der Waals surface area contributed by atoms with Crippen LogP contribution in [0.4, 0.5) is 0 Å². The topological polar surface area (TPSA) is 194 Å². The van der Waals surface area contributed by atoms with Crippen molar-refractivity contribution in [2.75, 3.05) is 0 Å². The first-order valence-electron chi connectivity index (χ1n) is 18.7. The van der Waals surface area contributed by atoms with Crippen LogP contribution in [0.25, 0.3) is 12.2 Å². The van der Waals surface area contributed by atoms with E-state index in [9.17, 15) is 19.8 Å². The Morgan fingerprint density at radius 3 is 1.65 bits per heavy atom. The second-order valence-electron chi connectivity index (χ2n) is 15.0. The number of rotatable bonds is 20. The van der Waals surface area contributed by atoms with Gasteiger partial charge in [0.25, 0.3) is 0 Å². The third kappa shape index (κ3) is 11.7. The standard InChI is InChI=1S/C42H58N6O6/c1-9-16-33(49)41(5,6)35(22-14-20-28-27(4)45-28)53-40(52)32-26-44-38(48-32)24-13-12-19-29-30(46-29)21-15-23-36(42(7,8)34(50)17-10-2)54-39(51)31-25-43-37(47-31)18-11-3/h9-21,24-30,33-36,45-46,49-50H,22-23H2,1-8H3,(H,43,47)(H,44,48)/b16-9+,17-10+,18-11-,19-12+,20-14-,21-15-,24-13-/t27-,28+,29-,30+,33-,34-,35-,36-/m0/s1. The fourth-order valence-corrected chi connectivity index (χ4v) is 5.85. The van der Waals surface area contributed by atoms with Crippen LogP contribution in [0.15, 0.2) is 85.3 Å². The number of ether oxygens (including phenoxy) is 2. The number of aromatic nitrogens is 4. The number of esters is 2. The molecule has 0 amide bonds. The minimum absolute atomic E-state index is 0.108. The molecule has 12 nitrogen and oxygen atoms in total. The number of carbonyl (C=O) groups is 2. The van der Waals surface area contributed by atoms with Crippen LogP contribution in [-0.2, 0) is 9.47 Å². The van der Waals surface area contributed by atoms with Crippen LogP contribution in [0, 0.1) is 10.8 Å². The molecule has 6 N–H and O–H groups in total. The highest BCUT2D eigenvalue weighted by Gasteiger charge is 2.40. The maximum Gasteiger partial charge on any atom is 0.358 e. The van der Waals surface area contributed by atoms with Gasteiger partial charge in [-0.05, 0) is 39.8 Å². The van der Waals surface area contributed by atoms with Crippen molar-refractivity contribution in [2.45, 2.75) is 117 Å². The molecule has 0 bridgehead atoms. The highest BCUT2D eigenvalue weighted by atomic mass is 16.6. The summed E-state index contributed by atoms with van der Waals surface area (Å²) in [4.78, 5) is 40.8.